The average Bonchev–Trinajstić information content (AvgIpc) is 2.84. The van der Waals surface area contributed by atoms with E-state index in [4.69, 9.17) is 11.6 Å². The molecule has 0 bridgehead atoms. The van der Waals surface area contributed by atoms with E-state index in [9.17, 15) is 14.7 Å². The Morgan fingerprint density at radius 3 is 2.84 bits per heavy atom. The molecule has 1 aliphatic heterocycles. The third kappa shape index (κ3) is 2.42. The Morgan fingerprint density at radius 1 is 1.58 bits per heavy atom. The summed E-state index contributed by atoms with van der Waals surface area (Å²) in [6.45, 7) is 2.51. The van der Waals surface area contributed by atoms with Crippen LogP contribution in [0.3, 0.4) is 0 Å². The van der Waals surface area contributed by atoms with Crippen molar-refractivity contribution in [2.24, 2.45) is 5.41 Å². The average molecular weight is 283 g/mol. The van der Waals surface area contributed by atoms with E-state index in [1.807, 2.05) is 6.92 Å². The zero-order valence-corrected chi connectivity index (χ0v) is 11.4. The van der Waals surface area contributed by atoms with Crippen LogP contribution < -0.4 is 0 Å². The minimum atomic E-state index is -0.842. The number of hydrogen-bond donors (Lipinski definition) is 1. The molecule has 102 valence electrons. The van der Waals surface area contributed by atoms with Crippen LogP contribution >= 0.6 is 11.6 Å². The Morgan fingerprint density at radius 2 is 2.32 bits per heavy atom. The summed E-state index contributed by atoms with van der Waals surface area (Å²) in [5, 5.41) is 9.60. The fraction of sp³-hybridized carbons (Fsp3) is 0.462. The summed E-state index contributed by atoms with van der Waals surface area (Å²) in [6, 6.07) is 1.55. The molecule has 1 unspecified atom stereocenters. The molecule has 1 aliphatic rings. The first-order valence-corrected chi connectivity index (χ1v) is 6.50. The second-order valence-corrected chi connectivity index (χ2v) is 5.18. The molecule has 1 saturated heterocycles. The predicted molar refractivity (Wildman–Crippen MR) is 70.1 cm³/mol. The van der Waals surface area contributed by atoms with Crippen LogP contribution in [0.5, 0.6) is 0 Å². The number of carbonyl (C=O) groups excluding carboxylic acids is 1. The van der Waals surface area contributed by atoms with Gasteiger partial charge in [-0.05, 0) is 18.9 Å². The van der Waals surface area contributed by atoms with Crippen LogP contribution in [0.1, 0.15) is 30.1 Å². The van der Waals surface area contributed by atoms with Crippen LogP contribution in [0, 0.1) is 5.41 Å². The van der Waals surface area contributed by atoms with Gasteiger partial charge in [0.1, 0.15) is 0 Å². The number of likely N-dealkylation sites (tertiary alicyclic amines) is 1. The van der Waals surface area contributed by atoms with Crippen molar-refractivity contribution in [1.82, 2.24) is 9.88 Å². The molecule has 1 aromatic heterocycles. The van der Waals surface area contributed by atoms with Gasteiger partial charge in [0.2, 0.25) is 0 Å². The van der Waals surface area contributed by atoms with Crippen molar-refractivity contribution in [3.63, 3.8) is 0 Å². The van der Waals surface area contributed by atoms with E-state index < -0.39 is 11.4 Å². The molecule has 19 heavy (non-hydrogen) atoms. The van der Waals surface area contributed by atoms with Crippen molar-refractivity contribution in [3.8, 4) is 0 Å². The summed E-state index contributed by atoms with van der Waals surface area (Å²) in [4.78, 5) is 29.1. The SMILES string of the molecule is CCC1(C(=O)O)CCN(C(=O)c2ccncc2Cl)C1. The van der Waals surface area contributed by atoms with Gasteiger partial charge in [0.15, 0.2) is 0 Å². The topological polar surface area (TPSA) is 70.5 Å². The number of aliphatic carboxylic acids is 1. The van der Waals surface area contributed by atoms with E-state index in [-0.39, 0.29) is 17.5 Å². The number of hydrogen-bond acceptors (Lipinski definition) is 3. The van der Waals surface area contributed by atoms with Crippen LogP contribution in [-0.4, -0.2) is 40.0 Å². The summed E-state index contributed by atoms with van der Waals surface area (Å²) in [5.41, 5.74) is -0.455. The summed E-state index contributed by atoms with van der Waals surface area (Å²) in [5.74, 6) is -1.07. The molecular weight excluding hydrogens is 268 g/mol. The standard InChI is InChI=1S/C13H15ClN2O3/c1-2-13(12(18)19)4-6-16(8-13)11(17)9-3-5-15-7-10(9)14/h3,5,7H,2,4,6,8H2,1H3,(H,18,19). The maximum atomic E-state index is 12.3. The fourth-order valence-corrected chi connectivity index (χ4v) is 2.58. The van der Waals surface area contributed by atoms with E-state index in [0.717, 1.165) is 0 Å². The van der Waals surface area contributed by atoms with Crippen molar-refractivity contribution in [1.29, 1.82) is 0 Å². The van der Waals surface area contributed by atoms with Gasteiger partial charge >= 0.3 is 5.97 Å². The maximum absolute atomic E-state index is 12.3. The van der Waals surface area contributed by atoms with Gasteiger partial charge in [-0.3, -0.25) is 14.6 Å². The third-order valence-corrected chi connectivity index (χ3v) is 4.08. The lowest BCUT2D eigenvalue weighted by Crippen LogP contribution is -2.36. The van der Waals surface area contributed by atoms with E-state index in [1.54, 1.807) is 11.0 Å². The van der Waals surface area contributed by atoms with Gasteiger partial charge in [-0.2, -0.15) is 0 Å². The molecule has 0 saturated carbocycles. The number of carboxylic acid groups (broad SMARTS) is 1. The minimum absolute atomic E-state index is 0.232. The van der Waals surface area contributed by atoms with E-state index in [2.05, 4.69) is 4.98 Å². The van der Waals surface area contributed by atoms with Gasteiger partial charge in [0, 0.05) is 25.5 Å². The van der Waals surface area contributed by atoms with Crippen LogP contribution in [0.25, 0.3) is 0 Å². The highest BCUT2D eigenvalue weighted by molar-refractivity contribution is 6.33. The number of rotatable bonds is 3. The second-order valence-electron chi connectivity index (χ2n) is 4.77. The molecular formula is C13H15ClN2O3. The summed E-state index contributed by atoms with van der Waals surface area (Å²) in [6.07, 6.45) is 3.90. The predicted octanol–water partition coefficient (Wildman–Crippen LogP) is 2.06. The molecule has 1 amide bonds. The molecule has 0 spiro atoms. The molecule has 2 heterocycles. The van der Waals surface area contributed by atoms with Gasteiger partial charge in [-0.25, -0.2) is 0 Å². The largest absolute Gasteiger partial charge is 0.481 e. The smallest absolute Gasteiger partial charge is 0.311 e. The first-order chi connectivity index (χ1) is 9.00. The van der Waals surface area contributed by atoms with Gasteiger partial charge in [-0.15, -0.1) is 0 Å². The molecule has 1 aromatic rings. The Balaban J connectivity index is 2.20. The number of amides is 1. The third-order valence-electron chi connectivity index (χ3n) is 3.77. The number of halogens is 1. The Labute approximate surface area is 116 Å². The highest BCUT2D eigenvalue weighted by Crippen LogP contribution is 2.35. The Hall–Kier alpha value is -1.62. The second kappa shape index (κ2) is 5.17. The maximum Gasteiger partial charge on any atom is 0.311 e. The van der Waals surface area contributed by atoms with Crippen LogP contribution in [0.15, 0.2) is 18.5 Å². The van der Waals surface area contributed by atoms with E-state index >= 15 is 0 Å². The van der Waals surface area contributed by atoms with Crippen molar-refractivity contribution in [3.05, 3.63) is 29.0 Å². The Kier molecular flexibility index (Phi) is 3.75. The van der Waals surface area contributed by atoms with E-state index in [1.165, 1.54) is 12.4 Å². The van der Waals surface area contributed by atoms with Gasteiger partial charge in [-0.1, -0.05) is 18.5 Å². The highest BCUT2D eigenvalue weighted by atomic mass is 35.5. The summed E-state index contributed by atoms with van der Waals surface area (Å²) in [7, 11) is 0. The zero-order valence-electron chi connectivity index (χ0n) is 10.6. The van der Waals surface area contributed by atoms with Crippen LogP contribution in [0.4, 0.5) is 0 Å². The molecule has 2 rings (SSSR count). The number of carbonyl (C=O) groups is 2. The molecule has 1 fully saturated rings. The number of carboxylic acids is 1. The molecule has 1 N–H and O–H groups in total. The lowest BCUT2D eigenvalue weighted by molar-refractivity contribution is -0.148. The number of nitrogens with zero attached hydrogens (tertiary/aromatic N) is 2. The van der Waals surface area contributed by atoms with Gasteiger partial charge < -0.3 is 10.0 Å². The molecule has 0 aliphatic carbocycles. The van der Waals surface area contributed by atoms with Crippen molar-refractivity contribution >= 4 is 23.5 Å². The molecule has 0 radical (unpaired) electrons. The lowest BCUT2D eigenvalue weighted by Gasteiger charge is -2.23. The summed E-state index contributed by atoms with van der Waals surface area (Å²) >= 11 is 5.94. The highest BCUT2D eigenvalue weighted by Gasteiger charge is 2.45. The Bertz CT molecular complexity index is 520. The molecule has 5 nitrogen and oxygen atoms in total. The van der Waals surface area contributed by atoms with Gasteiger partial charge in [0.25, 0.3) is 5.91 Å². The normalized spacial score (nSPS) is 22.5. The first-order valence-electron chi connectivity index (χ1n) is 6.12. The van der Waals surface area contributed by atoms with Crippen LogP contribution in [0.2, 0.25) is 5.02 Å². The molecule has 1 atom stereocenters. The zero-order chi connectivity index (χ0) is 14.0. The van der Waals surface area contributed by atoms with Crippen LogP contribution in [-0.2, 0) is 4.79 Å². The van der Waals surface area contributed by atoms with Crippen molar-refractivity contribution in [2.45, 2.75) is 19.8 Å². The summed E-state index contributed by atoms with van der Waals surface area (Å²) < 4.78 is 0. The van der Waals surface area contributed by atoms with Gasteiger partial charge in [0.05, 0.1) is 16.0 Å². The van der Waals surface area contributed by atoms with Crippen molar-refractivity contribution < 1.29 is 14.7 Å². The van der Waals surface area contributed by atoms with E-state index in [0.29, 0.717) is 24.9 Å². The monoisotopic (exact) mass is 282 g/mol. The molecule has 6 heteroatoms. The molecule has 0 aromatic carbocycles. The van der Waals surface area contributed by atoms with Crippen molar-refractivity contribution in [2.75, 3.05) is 13.1 Å². The first kappa shape index (κ1) is 13.8. The lowest BCUT2D eigenvalue weighted by atomic mass is 9.84. The number of pyridine rings is 1. The quantitative estimate of drug-likeness (QED) is 0.921. The fourth-order valence-electron chi connectivity index (χ4n) is 2.38. The number of aromatic nitrogens is 1. The minimum Gasteiger partial charge on any atom is -0.481 e.